The highest BCUT2D eigenvalue weighted by atomic mass is 19.1. The largest absolute Gasteiger partial charge is 0.346 e. The lowest BCUT2D eigenvalue weighted by molar-refractivity contribution is -0.111. The molecular formula is C14H16FN3O. The predicted molar refractivity (Wildman–Crippen MR) is 74.6 cm³/mol. The number of aliphatic imine (C=N–C) groups is 2. The summed E-state index contributed by atoms with van der Waals surface area (Å²) in [5.41, 5.74) is 1.44. The maximum absolute atomic E-state index is 13.2. The second-order valence-electron chi connectivity index (χ2n) is 4.42. The minimum atomic E-state index is -0.304. The van der Waals surface area contributed by atoms with Crippen molar-refractivity contribution in [1.29, 1.82) is 0 Å². The second-order valence-corrected chi connectivity index (χ2v) is 4.42. The van der Waals surface area contributed by atoms with Crippen molar-refractivity contribution in [3.8, 4) is 0 Å². The van der Waals surface area contributed by atoms with Crippen molar-refractivity contribution in [1.82, 2.24) is 0 Å². The van der Waals surface area contributed by atoms with Gasteiger partial charge in [0, 0.05) is 36.5 Å². The monoisotopic (exact) mass is 261 g/mol. The number of hydrogen-bond acceptors (Lipinski definition) is 4. The van der Waals surface area contributed by atoms with Crippen LogP contribution >= 0.6 is 0 Å². The third-order valence-electron chi connectivity index (χ3n) is 3.01. The van der Waals surface area contributed by atoms with Gasteiger partial charge in [0.05, 0.1) is 6.34 Å². The molecular weight excluding hydrogens is 245 g/mol. The third-order valence-corrected chi connectivity index (χ3v) is 3.01. The summed E-state index contributed by atoms with van der Waals surface area (Å²) in [4.78, 5) is 19.3. The highest BCUT2D eigenvalue weighted by Gasteiger charge is 2.07. The number of halogens is 1. The van der Waals surface area contributed by atoms with Gasteiger partial charge in [0.1, 0.15) is 12.1 Å². The van der Waals surface area contributed by atoms with Gasteiger partial charge in [-0.3, -0.25) is 9.98 Å². The lowest BCUT2D eigenvalue weighted by atomic mass is 10.0. The van der Waals surface area contributed by atoms with Gasteiger partial charge in [0.25, 0.3) is 0 Å². The number of carbonyl (C=O) groups is 1. The zero-order valence-corrected chi connectivity index (χ0v) is 10.6. The third kappa shape index (κ3) is 3.98. The summed E-state index contributed by atoms with van der Waals surface area (Å²) in [6, 6.07) is 4.47. The van der Waals surface area contributed by atoms with Gasteiger partial charge in [-0.1, -0.05) is 0 Å². The van der Waals surface area contributed by atoms with Crippen LogP contribution < -0.4 is 5.32 Å². The molecule has 4 nitrogen and oxygen atoms in total. The van der Waals surface area contributed by atoms with E-state index in [1.165, 1.54) is 12.1 Å². The van der Waals surface area contributed by atoms with E-state index >= 15 is 0 Å². The normalized spacial score (nSPS) is 19.7. The molecule has 19 heavy (non-hydrogen) atoms. The molecule has 1 unspecified atom stereocenters. The highest BCUT2D eigenvalue weighted by molar-refractivity contribution is 5.92. The second kappa shape index (κ2) is 6.78. The van der Waals surface area contributed by atoms with Gasteiger partial charge in [-0.2, -0.15) is 0 Å². The molecule has 100 valence electrons. The van der Waals surface area contributed by atoms with Crippen LogP contribution in [0.25, 0.3) is 0 Å². The number of nitrogens with zero attached hydrogens (tertiary/aromatic N) is 2. The number of rotatable bonds is 1. The van der Waals surface area contributed by atoms with E-state index in [4.69, 9.17) is 0 Å². The van der Waals surface area contributed by atoms with Crippen LogP contribution in [0.15, 0.2) is 28.2 Å². The summed E-state index contributed by atoms with van der Waals surface area (Å²) < 4.78 is 13.2. The molecule has 1 aliphatic heterocycles. The van der Waals surface area contributed by atoms with Gasteiger partial charge >= 0.3 is 0 Å². The summed E-state index contributed by atoms with van der Waals surface area (Å²) in [6.45, 7) is 1.15. The van der Waals surface area contributed by atoms with Crippen molar-refractivity contribution in [2.24, 2.45) is 15.9 Å². The van der Waals surface area contributed by atoms with Crippen LogP contribution in [0.2, 0.25) is 0 Å². The lowest BCUT2D eigenvalue weighted by Gasteiger charge is -2.09. The van der Waals surface area contributed by atoms with E-state index in [-0.39, 0.29) is 11.7 Å². The average molecular weight is 261 g/mol. The average Bonchev–Trinajstić information content (AvgIpc) is 2.40. The first-order chi connectivity index (χ1) is 9.29. The van der Waals surface area contributed by atoms with Gasteiger partial charge in [-0.15, -0.1) is 0 Å². The van der Waals surface area contributed by atoms with Crippen molar-refractivity contribution in [3.63, 3.8) is 0 Å². The van der Waals surface area contributed by atoms with Crippen molar-refractivity contribution in [2.45, 2.75) is 12.8 Å². The molecule has 1 aromatic carbocycles. The number of aldehydes is 1. The number of anilines is 1. The van der Waals surface area contributed by atoms with Crippen molar-refractivity contribution in [3.05, 3.63) is 29.6 Å². The van der Waals surface area contributed by atoms with E-state index in [1.54, 1.807) is 18.6 Å². The molecule has 0 saturated heterocycles. The quantitative estimate of drug-likeness (QED) is 0.789. The van der Waals surface area contributed by atoms with Gasteiger partial charge in [-0.25, -0.2) is 4.39 Å². The Labute approximate surface area is 111 Å². The van der Waals surface area contributed by atoms with Crippen LogP contribution in [0.1, 0.15) is 18.4 Å². The van der Waals surface area contributed by atoms with Crippen LogP contribution in [0.4, 0.5) is 10.1 Å². The van der Waals surface area contributed by atoms with E-state index in [2.05, 4.69) is 15.3 Å². The maximum atomic E-state index is 13.2. The zero-order chi connectivity index (χ0) is 13.5. The topological polar surface area (TPSA) is 53.8 Å². The number of hydrogen-bond donors (Lipinski definition) is 1. The minimum absolute atomic E-state index is 0.0132. The minimum Gasteiger partial charge on any atom is -0.346 e. The van der Waals surface area contributed by atoms with Crippen LogP contribution in [-0.4, -0.2) is 31.9 Å². The van der Waals surface area contributed by atoms with E-state index in [1.807, 2.05) is 0 Å². The molecule has 1 N–H and O–H groups in total. The van der Waals surface area contributed by atoms with Crippen molar-refractivity contribution >= 4 is 24.5 Å². The molecule has 0 aromatic heterocycles. The fourth-order valence-corrected chi connectivity index (χ4v) is 1.88. The molecule has 0 aliphatic carbocycles. The molecule has 1 heterocycles. The highest BCUT2D eigenvalue weighted by Crippen LogP contribution is 2.15. The van der Waals surface area contributed by atoms with E-state index < -0.39 is 0 Å². The Kier molecular flexibility index (Phi) is 4.78. The Balaban J connectivity index is 2.20. The van der Waals surface area contributed by atoms with E-state index in [0.29, 0.717) is 25.1 Å². The Morgan fingerprint density at radius 1 is 1.26 bits per heavy atom. The molecule has 0 spiro atoms. The maximum Gasteiger partial charge on any atom is 0.124 e. The van der Waals surface area contributed by atoms with Crippen LogP contribution in [-0.2, 0) is 4.79 Å². The Morgan fingerprint density at radius 2 is 2.05 bits per heavy atom. The first-order valence-corrected chi connectivity index (χ1v) is 6.29. The number of nitrogens with one attached hydrogen (secondary N) is 1. The predicted octanol–water partition coefficient (Wildman–Crippen LogP) is 2.29. The molecule has 0 radical (unpaired) electrons. The molecule has 0 bridgehead atoms. The fourth-order valence-electron chi connectivity index (χ4n) is 1.88. The van der Waals surface area contributed by atoms with Gasteiger partial charge in [0.2, 0.25) is 0 Å². The summed E-state index contributed by atoms with van der Waals surface area (Å²) in [6.07, 6.45) is 5.59. The first-order valence-electron chi connectivity index (χ1n) is 6.29. The Bertz CT molecular complexity index is 499. The molecule has 5 heteroatoms. The molecule has 1 aromatic rings. The molecule has 2 rings (SSSR count). The number of fused-ring (bicyclic) bond motifs is 1. The van der Waals surface area contributed by atoms with Crippen molar-refractivity contribution < 1.29 is 9.18 Å². The molecule has 1 aliphatic rings. The SMILES string of the molecule is O=CC1CCN=CNc2ccc(F)cc2C=NCC1. The van der Waals surface area contributed by atoms with E-state index in [0.717, 1.165) is 18.4 Å². The molecule has 0 fully saturated rings. The standard InChI is InChI=1S/C14H16FN3O/c15-13-1-2-14-12(7-13)8-16-5-3-11(9-19)4-6-17-10-18-14/h1-2,7-11H,3-6H2,(H,17,18). The Morgan fingerprint density at radius 3 is 2.84 bits per heavy atom. The Hall–Kier alpha value is -2.04. The number of benzene rings is 1. The summed E-state index contributed by atoms with van der Waals surface area (Å²) >= 11 is 0. The molecule has 0 amide bonds. The van der Waals surface area contributed by atoms with Crippen LogP contribution in [0, 0.1) is 11.7 Å². The van der Waals surface area contributed by atoms with Crippen molar-refractivity contribution in [2.75, 3.05) is 18.4 Å². The lowest BCUT2D eigenvalue weighted by Crippen LogP contribution is -2.08. The number of carbonyl (C=O) groups excluding carboxylic acids is 1. The smallest absolute Gasteiger partial charge is 0.124 e. The molecule has 1 atom stereocenters. The first kappa shape index (κ1) is 13.4. The van der Waals surface area contributed by atoms with Crippen LogP contribution in [0.3, 0.4) is 0 Å². The van der Waals surface area contributed by atoms with E-state index in [9.17, 15) is 9.18 Å². The van der Waals surface area contributed by atoms with Gasteiger partial charge < -0.3 is 10.1 Å². The summed E-state index contributed by atoms with van der Waals surface area (Å²) in [7, 11) is 0. The zero-order valence-electron chi connectivity index (χ0n) is 10.6. The fraction of sp³-hybridized carbons (Fsp3) is 0.357. The summed E-state index contributed by atoms with van der Waals surface area (Å²) in [5.74, 6) is -0.317. The van der Waals surface area contributed by atoms with Crippen LogP contribution in [0.5, 0.6) is 0 Å². The van der Waals surface area contributed by atoms with Gasteiger partial charge in [0.15, 0.2) is 0 Å². The summed E-state index contributed by atoms with van der Waals surface area (Å²) in [5, 5.41) is 3.00. The van der Waals surface area contributed by atoms with Gasteiger partial charge in [-0.05, 0) is 31.0 Å². The molecule has 0 saturated carbocycles.